The van der Waals surface area contributed by atoms with Crippen LogP contribution in [0.15, 0.2) is 17.5 Å². The van der Waals surface area contributed by atoms with Gasteiger partial charge in [0.25, 0.3) is 0 Å². The normalized spacial score (nSPS) is 16.6. The van der Waals surface area contributed by atoms with E-state index in [4.69, 9.17) is 5.73 Å². The van der Waals surface area contributed by atoms with E-state index in [0.29, 0.717) is 18.2 Å². The van der Waals surface area contributed by atoms with Gasteiger partial charge in [0.2, 0.25) is 5.91 Å². The fourth-order valence-corrected chi connectivity index (χ4v) is 4.01. The van der Waals surface area contributed by atoms with Crippen molar-refractivity contribution in [1.82, 2.24) is 20.1 Å². The van der Waals surface area contributed by atoms with Crippen LogP contribution in [0.3, 0.4) is 0 Å². The lowest BCUT2D eigenvalue weighted by Gasteiger charge is -2.31. The summed E-state index contributed by atoms with van der Waals surface area (Å²) < 4.78 is 0. The smallest absolute Gasteiger partial charge is 0.234 e. The maximum Gasteiger partial charge on any atom is 0.234 e. The fraction of sp³-hybridized carbons (Fsp3) is 0.467. The molecule has 1 aliphatic rings. The van der Waals surface area contributed by atoms with E-state index in [1.165, 1.54) is 11.3 Å². The molecule has 1 amide bonds. The number of hydrogen-bond acceptors (Lipinski definition) is 7. The Bertz CT molecular complexity index is 660. The standard InChI is InChI=1S/C15H21N5OS2/c1-19-4-6-20(7-5-19)9-14(21)17-8-11-2-3-13(23-11)12-10-22-15(16)18-12/h2-3,10H,4-9H2,1H3,(H2,16,18)(H,17,21). The molecule has 0 aromatic carbocycles. The minimum atomic E-state index is 0.0856. The number of likely N-dealkylation sites (N-methyl/N-ethyl adjacent to an activating group) is 1. The molecule has 0 radical (unpaired) electrons. The van der Waals surface area contributed by atoms with Crippen molar-refractivity contribution in [2.45, 2.75) is 6.54 Å². The summed E-state index contributed by atoms with van der Waals surface area (Å²) in [5.74, 6) is 0.0856. The van der Waals surface area contributed by atoms with Crippen LogP contribution in [0.2, 0.25) is 0 Å². The van der Waals surface area contributed by atoms with Crippen LogP contribution >= 0.6 is 22.7 Å². The van der Waals surface area contributed by atoms with Crippen molar-refractivity contribution in [2.75, 3.05) is 45.5 Å². The third-order valence-electron chi connectivity index (χ3n) is 3.86. The van der Waals surface area contributed by atoms with Crippen LogP contribution in [-0.4, -0.2) is 60.5 Å². The van der Waals surface area contributed by atoms with Gasteiger partial charge in [0.15, 0.2) is 5.13 Å². The predicted molar refractivity (Wildman–Crippen MR) is 95.6 cm³/mol. The largest absolute Gasteiger partial charge is 0.375 e. The summed E-state index contributed by atoms with van der Waals surface area (Å²) in [4.78, 5) is 23.0. The van der Waals surface area contributed by atoms with Gasteiger partial charge >= 0.3 is 0 Å². The van der Waals surface area contributed by atoms with Crippen LogP contribution in [0.4, 0.5) is 5.13 Å². The van der Waals surface area contributed by atoms with Gasteiger partial charge in [-0.1, -0.05) is 0 Å². The summed E-state index contributed by atoms with van der Waals surface area (Å²) in [6.07, 6.45) is 0. The van der Waals surface area contributed by atoms with Crippen molar-refractivity contribution in [3.63, 3.8) is 0 Å². The maximum absolute atomic E-state index is 12.1. The zero-order valence-corrected chi connectivity index (χ0v) is 14.8. The second kappa shape index (κ2) is 7.39. The minimum absolute atomic E-state index is 0.0856. The van der Waals surface area contributed by atoms with E-state index < -0.39 is 0 Å². The second-order valence-electron chi connectivity index (χ2n) is 5.69. The first-order valence-corrected chi connectivity index (χ1v) is 9.27. The number of nitrogens with two attached hydrogens (primary N) is 1. The van der Waals surface area contributed by atoms with Gasteiger partial charge < -0.3 is 16.0 Å². The highest BCUT2D eigenvalue weighted by Crippen LogP contribution is 2.29. The molecule has 23 heavy (non-hydrogen) atoms. The molecule has 1 saturated heterocycles. The molecule has 3 heterocycles. The van der Waals surface area contributed by atoms with Gasteiger partial charge in [-0.25, -0.2) is 4.98 Å². The van der Waals surface area contributed by atoms with Crippen molar-refractivity contribution < 1.29 is 4.79 Å². The van der Waals surface area contributed by atoms with E-state index in [-0.39, 0.29) is 5.91 Å². The number of anilines is 1. The molecule has 2 aromatic rings. The monoisotopic (exact) mass is 351 g/mol. The van der Waals surface area contributed by atoms with Gasteiger partial charge in [-0.05, 0) is 19.2 Å². The van der Waals surface area contributed by atoms with Crippen molar-refractivity contribution in [2.24, 2.45) is 0 Å². The van der Waals surface area contributed by atoms with Crippen LogP contribution in [0.5, 0.6) is 0 Å². The molecule has 6 nitrogen and oxygen atoms in total. The Morgan fingerprint density at radius 2 is 2.13 bits per heavy atom. The lowest BCUT2D eigenvalue weighted by Crippen LogP contribution is -2.48. The van der Waals surface area contributed by atoms with Crippen LogP contribution in [0.25, 0.3) is 10.6 Å². The van der Waals surface area contributed by atoms with Crippen molar-refractivity contribution in [3.05, 3.63) is 22.4 Å². The van der Waals surface area contributed by atoms with E-state index in [0.717, 1.165) is 41.6 Å². The highest BCUT2D eigenvalue weighted by atomic mass is 32.1. The van der Waals surface area contributed by atoms with Gasteiger partial charge in [-0.15, -0.1) is 22.7 Å². The van der Waals surface area contributed by atoms with Crippen LogP contribution in [0, 0.1) is 0 Å². The number of carbonyl (C=O) groups is 1. The zero-order valence-electron chi connectivity index (χ0n) is 13.1. The first-order valence-electron chi connectivity index (χ1n) is 7.58. The van der Waals surface area contributed by atoms with E-state index in [9.17, 15) is 4.79 Å². The number of nitrogens with zero attached hydrogens (tertiary/aromatic N) is 3. The molecule has 0 unspecified atom stereocenters. The van der Waals surface area contributed by atoms with E-state index in [1.54, 1.807) is 11.3 Å². The third-order valence-corrected chi connectivity index (χ3v) is 5.64. The van der Waals surface area contributed by atoms with Gasteiger partial charge in [0, 0.05) is 36.4 Å². The Labute approximate surface area is 143 Å². The molecule has 124 valence electrons. The number of rotatable bonds is 5. The van der Waals surface area contributed by atoms with Crippen LogP contribution in [0.1, 0.15) is 4.88 Å². The lowest BCUT2D eigenvalue weighted by molar-refractivity contribution is -0.122. The second-order valence-corrected chi connectivity index (χ2v) is 7.75. The number of thiophene rings is 1. The number of amides is 1. The number of aromatic nitrogens is 1. The Morgan fingerprint density at radius 3 is 2.83 bits per heavy atom. The molecule has 0 aliphatic carbocycles. The molecular weight excluding hydrogens is 330 g/mol. The predicted octanol–water partition coefficient (Wildman–Crippen LogP) is 1.32. The van der Waals surface area contributed by atoms with E-state index in [2.05, 4.69) is 27.1 Å². The maximum atomic E-state index is 12.1. The van der Waals surface area contributed by atoms with E-state index >= 15 is 0 Å². The average Bonchev–Trinajstić information content (AvgIpc) is 3.16. The average molecular weight is 352 g/mol. The summed E-state index contributed by atoms with van der Waals surface area (Å²) in [5.41, 5.74) is 6.58. The minimum Gasteiger partial charge on any atom is -0.375 e. The molecule has 2 aromatic heterocycles. The van der Waals surface area contributed by atoms with Gasteiger partial charge in [0.05, 0.1) is 23.7 Å². The van der Waals surface area contributed by atoms with Crippen LogP contribution < -0.4 is 11.1 Å². The molecule has 1 aliphatic heterocycles. The third kappa shape index (κ3) is 4.51. The number of hydrogen-bond donors (Lipinski definition) is 2. The van der Waals surface area contributed by atoms with Gasteiger partial charge in [-0.3, -0.25) is 9.69 Å². The molecule has 3 rings (SSSR count). The van der Waals surface area contributed by atoms with Crippen LogP contribution in [-0.2, 0) is 11.3 Å². The van der Waals surface area contributed by atoms with Crippen molar-refractivity contribution >= 4 is 33.7 Å². The molecule has 8 heteroatoms. The Hall–Kier alpha value is -1.48. The number of nitrogen functional groups attached to an aromatic ring is 1. The Balaban J connectivity index is 1.47. The number of carbonyl (C=O) groups excluding carboxylic acids is 1. The number of thiazole rings is 1. The highest BCUT2D eigenvalue weighted by Gasteiger charge is 2.16. The summed E-state index contributed by atoms with van der Waals surface area (Å²) in [6, 6.07) is 4.06. The first-order chi connectivity index (χ1) is 11.1. The fourth-order valence-electron chi connectivity index (χ4n) is 2.46. The highest BCUT2D eigenvalue weighted by molar-refractivity contribution is 7.16. The topological polar surface area (TPSA) is 74.5 Å². The van der Waals surface area contributed by atoms with Crippen molar-refractivity contribution in [1.29, 1.82) is 0 Å². The number of piperazine rings is 1. The summed E-state index contributed by atoms with van der Waals surface area (Å²) in [6.45, 7) is 5.01. The number of nitrogens with one attached hydrogen (secondary N) is 1. The molecular formula is C15H21N5OS2. The molecule has 3 N–H and O–H groups in total. The Kier molecular flexibility index (Phi) is 5.27. The zero-order chi connectivity index (χ0) is 16.2. The molecule has 0 spiro atoms. The quantitative estimate of drug-likeness (QED) is 0.850. The Morgan fingerprint density at radius 1 is 1.35 bits per heavy atom. The summed E-state index contributed by atoms with van der Waals surface area (Å²) >= 11 is 3.08. The first kappa shape index (κ1) is 16.4. The van der Waals surface area contributed by atoms with E-state index in [1.807, 2.05) is 17.5 Å². The van der Waals surface area contributed by atoms with Crippen molar-refractivity contribution in [3.8, 4) is 10.6 Å². The molecule has 0 bridgehead atoms. The molecule has 0 atom stereocenters. The van der Waals surface area contributed by atoms with Gasteiger partial charge in [0.1, 0.15) is 0 Å². The molecule has 0 saturated carbocycles. The van der Waals surface area contributed by atoms with Gasteiger partial charge in [-0.2, -0.15) is 0 Å². The molecule has 1 fully saturated rings. The summed E-state index contributed by atoms with van der Waals surface area (Å²) in [7, 11) is 2.11. The lowest BCUT2D eigenvalue weighted by atomic mass is 10.3. The summed E-state index contributed by atoms with van der Waals surface area (Å²) in [5, 5.41) is 5.54. The SMILES string of the molecule is CN1CCN(CC(=O)NCc2ccc(-c3csc(N)n3)s2)CC1.